The number of aliphatic carboxylic acids is 2. The van der Waals surface area contributed by atoms with Gasteiger partial charge in [-0.15, -0.1) is 0 Å². The minimum absolute atomic E-state index is 0.130. The summed E-state index contributed by atoms with van der Waals surface area (Å²) in [6, 6.07) is 16.7. The lowest BCUT2D eigenvalue weighted by Crippen LogP contribution is -2.39. The lowest BCUT2D eigenvalue weighted by Gasteiger charge is -2.32. The van der Waals surface area contributed by atoms with Crippen molar-refractivity contribution in [3.05, 3.63) is 64.7 Å². The van der Waals surface area contributed by atoms with Crippen LogP contribution in [0.4, 0.5) is 0 Å². The Morgan fingerprint density at radius 2 is 1.38 bits per heavy atom. The van der Waals surface area contributed by atoms with Crippen molar-refractivity contribution in [1.82, 2.24) is 4.90 Å². The van der Waals surface area contributed by atoms with E-state index in [9.17, 15) is 14.7 Å². The summed E-state index contributed by atoms with van der Waals surface area (Å²) in [5.41, 5.74) is 2.11. The van der Waals surface area contributed by atoms with E-state index in [2.05, 4.69) is 44.7 Å². The zero-order valence-corrected chi connectivity index (χ0v) is 20.6. The molecule has 0 spiro atoms. The fraction of sp³-hybridized carbons (Fsp3) is 0.440. The van der Waals surface area contributed by atoms with E-state index in [1.165, 1.54) is 5.56 Å². The molecule has 0 radical (unpaired) electrons. The van der Waals surface area contributed by atoms with Crippen LogP contribution in [0.15, 0.2) is 48.5 Å². The number of phenols is 1. The van der Waals surface area contributed by atoms with Gasteiger partial charge in [-0.25, -0.2) is 9.59 Å². The Labute approximate surface area is 205 Å². The number of nitrogens with zero attached hydrogens (tertiary/aromatic N) is 1. The summed E-state index contributed by atoms with van der Waals surface area (Å²) in [6.07, 6.45) is -3.59. The highest BCUT2D eigenvalue weighted by Crippen LogP contribution is 2.36. The van der Waals surface area contributed by atoms with Gasteiger partial charge in [0.15, 0.2) is 12.2 Å². The van der Waals surface area contributed by atoms with Crippen molar-refractivity contribution in [3.8, 4) is 5.75 Å². The Balaban J connectivity index is 0.000000489. The normalized spacial score (nSPS) is 13.8. The van der Waals surface area contributed by atoms with Gasteiger partial charge in [0.1, 0.15) is 5.75 Å². The summed E-state index contributed by atoms with van der Waals surface area (Å²) in [6.45, 7) is 9.90. The van der Waals surface area contributed by atoms with E-state index in [4.69, 9.17) is 32.0 Å². The van der Waals surface area contributed by atoms with E-state index >= 15 is 0 Å². The molecule has 3 atom stereocenters. The largest absolute Gasteiger partial charge is 0.508 e. The third-order valence-corrected chi connectivity index (χ3v) is 5.61. The smallest absolute Gasteiger partial charge is 0.335 e. The molecule has 0 saturated carbocycles. The monoisotopic (exact) mass is 495 g/mol. The van der Waals surface area contributed by atoms with Crippen LogP contribution >= 0.6 is 11.6 Å². The van der Waals surface area contributed by atoms with Crippen LogP contribution in [0.1, 0.15) is 51.2 Å². The maximum absolute atomic E-state index is 10.4. The van der Waals surface area contributed by atoms with Crippen molar-refractivity contribution in [1.29, 1.82) is 0 Å². The van der Waals surface area contributed by atoms with Gasteiger partial charge in [-0.3, -0.25) is 4.90 Å². The second-order valence-corrected chi connectivity index (χ2v) is 8.88. The van der Waals surface area contributed by atoms with Crippen LogP contribution in [0.3, 0.4) is 0 Å². The first-order valence-corrected chi connectivity index (χ1v) is 11.3. The van der Waals surface area contributed by atoms with Gasteiger partial charge in [0.05, 0.1) is 0 Å². The summed E-state index contributed by atoms with van der Waals surface area (Å²) in [4.78, 5) is 22.0. The van der Waals surface area contributed by atoms with Crippen molar-refractivity contribution in [2.75, 3.05) is 6.54 Å². The average Bonchev–Trinajstić information content (AvgIpc) is 2.78. The van der Waals surface area contributed by atoms with Gasteiger partial charge >= 0.3 is 11.9 Å². The van der Waals surface area contributed by atoms with Gasteiger partial charge in [0, 0.05) is 28.6 Å². The Bertz CT molecular complexity index is 895. The van der Waals surface area contributed by atoms with Gasteiger partial charge in [-0.05, 0) is 64.4 Å². The van der Waals surface area contributed by atoms with Crippen molar-refractivity contribution >= 4 is 23.5 Å². The molecule has 8 nitrogen and oxygen atoms in total. The Morgan fingerprint density at radius 3 is 1.82 bits per heavy atom. The highest BCUT2D eigenvalue weighted by molar-refractivity contribution is 6.30. The number of aromatic hydroxyl groups is 1. The van der Waals surface area contributed by atoms with E-state index in [1.54, 1.807) is 12.1 Å². The van der Waals surface area contributed by atoms with Crippen LogP contribution in [0, 0.1) is 0 Å². The van der Waals surface area contributed by atoms with Crippen LogP contribution < -0.4 is 0 Å². The van der Waals surface area contributed by atoms with E-state index in [-0.39, 0.29) is 5.92 Å². The number of benzene rings is 2. The SMILES string of the molecule is CC(C)N(CCC(c1ccccc1)c1cc(Cl)ccc1O)C(C)C.O=C(O)[C@H](O)[C@@H](O)C(=O)O. The Morgan fingerprint density at radius 1 is 0.882 bits per heavy atom. The van der Waals surface area contributed by atoms with Crippen molar-refractivity contribution in [2.24, 2.45) is 0 Å². The molecule has 2 aromatic rings. The number of hydrogen-bond donors (Lipinski definition) is 5. The van der Waals surface area contributed by atoms with Crippen molar-refractivity contribution in [3.63, 3.8) is 0 Å². The van der Waals surface area contributed by atoms with Gasteiger partial charge in [-0.1, -0.05) is 41.9 Å². The average molecular weight is 496 g/mol. The topological polar surface area (TPSA) is 139 Å². The zero-order valence-electron chi connectivity index (χ0n) is 19.8. The number of rotatable bonds is 10. The Hall–Kier alpha value is -2.65. The van der Waals surface area contributed by atoms with E-state index in [0.29, 0.717) is 22.9 Å². The second-order valence-electron chi connectivity index (χ2n) is 8.45. The molecular formula is C25H34ClNO7. The summed E-state index contributed by atoms with van der Waals surface area (Å²) >= 11 is 6.19. The van der Waals surface area contributed by atoms with Crippen molar-refractivity contribution < 1.29 is 35.1 Å². The molecule has 0 aromatic heterocycles. The molecule has 0 aliphatic heterocycles. The molecule has 0 amide bonds. The second kappa shape index (κ2) is 13.9. The molecule has 0 fully saturated rings. The number of hydrogen-bond acceptors (Lipinski definition) is 6. The van der Waals surface area contributed by atoms with Crippen molar-refractivity contribution in [2.45, 2.75) is 64.3 Å². The number of aliphatic hydroxyl groups is 2. The first kappa shape index (κ1) is 29.4. The predicted octanol–water partition coefficient (Wildman–Crippen LogP) is 3.56. The number of phenolic OH excluding ortho intramolecular Hbond substituents is 1. The summed E-state index contributed by atoms with van der Waals surface area (Å²) in [5.74, 6) is -3.09. The van der Waals surface area contributed by atoms with E-state index in [0.717, 1.165) is 18.5 Å². The fourth-order valence-corrected chi connectivity index (χ4v) is 3.83. The Kier molecular flexibility index (Phi) is 12.0. The van der Waals surface area contributed by atoms with Crippen LogP contribution in [0.5, 0.6) is 5.75 Å². The molecule has 34 heavy (non-hydrogen) atoms. The van der Waals surface area contributed by atoms with Crippen LogP contribution in [-0.2, 0) is 9.59 Å². The molecule has 1 unspecified atom stereocenters. The lowest BCUT2D eigenvalue weighted by molar-refractivity contribution is -0.165. The molecule has 2 aromatic carbocycles. The molecule has 188 valence electrons. The molecule has 5 N–H and O–H groups in total. The molecule has 0 saturated heterocycles. The number of carbonyl (C=O) groups is 2. The predicted molar refractivity (Wildman–Crippen MR) is 130 cm³/mol. The summed E-state index contributed by atoms with van der Waals surface area (Å²) in [7, 11) is 0. The first-order chi connectivity index (χ1) is 15.9. The minimum atomic E-state index is -2.27. The van der Waals surface area contributed by atoms with Gasteiger partial charge in [0.25, 0.3) is 0 Å². The summed E-state index contributed by atoms with van der Waals surface area (Å²) < 4.78 is 0. The number of aliphatic hydroxyl groups excluding tert-OH is 2. The van der Waals surface area contributed by atoms with E-state index < -0.39 is 24.1 Å². The van der Waals surface area contributed by atoms with Gasteiger partial charge < -0.3 is 25.5 Å². The summed E-state index contributed by atoms with van der Waals surface area (Å²) in [5, 5.41) is 43.6. The molecule has 0 heterocycles. The highest BCUT2D eigenvalue weighted by Gasteiger charge is 2.29. The number of halogens is 1. The van der Waals surface area contributed by atoms with Gasteiger partial charge in [-0.2, -0.15) is 0 Å². The minimum Gasteiger partial charge on any atom is -0.508 e. The third-order valence-electron chi connectivity index (χ3n) is 5.37. The van der Waals surface area contributed by atoms with Crippen LogP contribution in [0.2, 0.25) is 5.02 Å². The maximum atomic E-state index is 10.4. The van der Waals surface area contributed by atoms with Crippen LogP contribution in [-0.4, -0.2) is 73.2 Å². The molecule has 0 aliphatic rings. The molecule has 0 bridgehead atoms. The fourth-order valence-electron chi connectivity index (χ4n) is 3.65. The molecule has 2 rings (SSSR count). The maximum Gasteiger partial charge on any atom is 0.335 e. The third kappa shape index (κ3) is 8.95. The first-order valence-electron chi connectivity index (χ1n) is 11.0. The lowest BCUT2D eigenvalue weighted by atomic mass is 9.87. The van der Waals surface area contributed by atoms with Gasteiger partial charge in [0.2, 0.25) is 0 Å². The molecular weight excluding hydrogens is 462 g/mol. The number of carboxylic acid groups (broad SMARTS) is 2. The molecule has 0 aliphatic carbocycles. The molecule has 9 heteroatoms. The van der Waals surface area contributed by atoms with E-state index in [1.807, 2.05) is 24.3 Å². The zero-order chi connectivity index (χ0) is 26.0. The quantitative estimate of drug-likeness (QED) is 0.337. The van der Waals surface area contributed by atoms with Crippen LogP contribution in [0.25, 0.3) is 0 Å². The number of carboxylic acids is 2. The highest BCUT2D eigenvalue weighted by atomic mass is 35.5. The standard InChI is InChI=1S/C21H28ClNO.C4H6O6/c1-15(2)23(16(3)4)13-12-19(17-8-6-5-7-9-17)20-14-18(22)10-11-21(20)24;5-1(3(7)8)2(6)4(9)10/h5-11,14-16,19,24H,12-13H2,1-4H3;1-2,5-6H,(H,7,8)(H,9,10)/t;1-,2-/m.1/s1.